The number of amides is 1. The van der Waals surface area contributed by atoms with Crippen LogP contribution in [0.3, 0.4) is 0 Å². The number of hydrogen-bond acceptors (Lipinski definition) is 5. The van der Waals surface area contributed by atoms with Gasteiger partial charge in [-0.3, -0.25) is 4.79 Å². The molecule has 1 aliphatic rings. The summed E-state index contributed by atoms with van der Waals surface area (Å²) in [6.45, 7) is 4.08. The minimum Gasteiger partial charge on any atom is -0.397 e. The van der Waals surface area contributed by atoms with Crippen LogP contribution in [0.4, 0.5) is 11.5 Å². The molecule has 98 valence electrons. The second kappa shape index (κ2) is 5.48. The van der Waals surface area contributed by atoms with Gasteiger partial charge in [0.15, 0.2) is 0 Å². The van der Waals surface area contributed by atoms with E-state index in [9.17, 15) is 4.79 Å². The molecule has 0 saturated carbocycles. The highest BCUT2D eigenvalue weighted by Crippen LogP contribution is 2.26. The molecule has 1 unspecified atom stereocenters. The zero-order valence-corrected chi connectivity index (χ0v) is 11.2. The van der Waals surface area contributed by atoms with Crippen molar-refractivity contribution in [2.75, 3.05) is 29.5 Å². The fourth-order valence-corrected chi connectivity index (χ4v) is 3.20. The molecule has 2 rings (SSSR count). The SMILES string of the molecule is CCC1CN(c2cc(C(N)=O)c(N)cn2)CCS1. The second-order valence-electron chi connectivity index (χ2n) is 4.34. The van der Waals surface area contributed by atoms with Gasteiger partial charge in [0.2, 0.25) is 0 Å². The Morgan fingerprint density at radius 2 is 2.44 bits per heavy atom. The molecule has 1 saturated heterocycles. The third-order valence-electron chi connectivity index (χ3n) is 3.10. The molecule has 0 spiro atoms. The first-order valence-electron chi connectivity index (χ1n) is 6.03. The molecule has 2 heterocycles. The number of pyridine rings is 1. The Balaban J connectivity index is 2.22. The molecule has 1 atom stereocenters. The minimum absolute atomic E-state index is 0.338. The van der Waals surface area contributed by atoms with Crippen molar-refractivity contribution in [1.82, 2.24) is 4.98 Å². The third-order valence-corrected chi connectivity index (χ3v) is 4.48. The normalized spacial score (nSPS) is 19.8. The molecule has 18 heavy (non-hydrogen) atoms. The first kappa shape index (κ1) is 13.0. The zero-order chi connectivity index (χ0) is 13.1. The lowest BCUT2D eigenvalue weighted by atomic mass is 10.2. The van der Waals surface area contributed by atoms with Gasteiger partial charge in [-0.15, -0.1) is 0 Å². The highest BCUT2D eigenvalue weighted by Gasteiger charge is 2.21. The van der Waals surface area contributed by atoms with Crippen molar-refractivity contribution in [3.8, 4) is 0 Å². The molecule has 1 aliphatic heterocycles. The molecule has 0 radical (unpaired) electrons. The maximum atomic E-state index is 11.3. The molecule has 0 aromatic carbocycles. The van der Waals surface area contributed by atoms with E-state index in [4.69, 9.17) is 11.5 Å². The lowest BCUT2D eigenvalue weighted by Gasteiger charge is -2.33. The topological polar surface area (TPSA) is 85.2 Å². The zero-order valence-electron chi connectivity index (χ0n) is 10.4. The fourth-order valence-electron chi connectivity index (χ4n) is 2.02. The minimum atomic E-state index is -0.505. The molecule has 6 heteroatoms. The summed E-state index contributed by atoms with van der Waals surface area (Å²) in [7, 11) is 0. The van der Waals surface area contributed by atoms with Crippen LogP contribution in [0.2, 0.25) is 0 Å². The molecular weight excluding hydrogens is 248 g/mol. The standard InChI is InChI=1S/C12H18N4OS/c1-2-8-7-16(3-4-18-8)11-5-9(12(14)17)10(13)6-15-11/h5-6,8H,2-4,7,13H2,1H3,(H2,14,17). The van der Waals surface area contributed by atoms with Gasteiger partial charge >= 0.3 is 0 Å². The van der Waals surface area contributed by atoms with Crippen molar-refractivity contribution in [1.29, 1.82) is 0 Å². The van der Waals surface area contributed by atoms with Gasteiger partial charge in [-0.2, -0.15) is 11.8 Å². The number of anilines is 2. The number of nitrogens with zero attached hydrogens (tertiary/aromatic N) is 2. The summed E-state index contributed by atoms with van der Waals surface area (Å²) in [6, 6.07) is 1.69. The summed E-state index contributed by atoms with van der Waals surface area (Å²) in [5, 5.41) is 0.620. The average Bonchev–Trinajstić information content (AvgIpc) is 2.39. The molecular formula is C12H18N4OS. The molecule has 5 nitrogen and oxygen atoms in total. The first-order valence-corrected chi connectivity index (χ1v) is 7.08. The number of aromatic nitrogens is 1. The molecule has 4 N–H and O–H groups in total. The summed E-state index contributed by atoms with van der Waals surface area (Å²) >= 11 is 1.99. The molecule has 1 fully saturated rings. The van der Waals surface area contributed by atoms with Crippen molar-refractivity contribution >= 4 is 29.2 Å². The van der Waals surface area contributed by atoms with Gasteiger partial charge in [-0.05, 0) is 12.5 Å². The quantitative estimate of drug-likeness (QED) is 0.855. The van der Waals surface area contributed by atoms with Gasteiger partial charge in [0.1, 0.15) is 5.82 Å². The smallest absolute Gasteiger partial charge is 0.250 e. The summed E-state index contributed by atoms with van der Waals surface area (Å²) in [5.74, 6) is 1.36. The van der Waals surface area contributed by atoms with E-state index in [-0.39, 0.29) is 0 Å². The van der Waals surface area contributed by atoms with E-state index in [1.807, 2.05) is 11.8 Å². The summed E-state index contributed by atoms with van der Waals surface area (Å²) in [5.41, 5.74) is 11.7. The predicted octanol–water partition coefficient (Wildman–Crippen LogP) is 1.09. The van der Waals surface area contributed by atoms with E-state index in [1.54, 1.807) is 6.07 Å². The maximum Gasteiger partial charge on any atom is 0.250 e. The van der Waals surface area contributed by atoms with Gasteiger partial charge in [0.05, 0.1) is 17.4 Å². The summed E-state index contributed by atoms with van der Waals surface area (Å²) < 4.78 is 0. The van der Waals surface area contributed by atoms with Gasteiger partial charge < -0.3 is 16.4 Å². The third kappa shape index (κ3) is 2.69. The lowest BCUT2D eigenvalue weighted by molar-refractivity contribution is 0.100. The van der Waals surface area contributed by atoms with Crippen LogP contribution in [-0.4, -0.2) is 35.0 Å². The monoisotopic (exact) mass is 266 g/mol. The summed E-state index contributed by atoms with van der Waals surface area (Å²) in [4.78, 5) is 17.8. The van der Waals surface area contributed by atoms with Gasteiger partial charge in [-0.1, -0.05) is 6.92 Å². The van der Waals surface area contributed by atoms with Gasteiger partial charge in [0.25, 0.3) is 5.91 Å². The van der Waals surface area contributed by atoms with Crippen LogP contribution < -0.4 is 16.4 Å². The molecule has 1 amide bonds. The van der Waals surface area contributed by atoms with E-state index in [1.165, 1.54) is 6.20 Å². The Morgan fingerprint density at radius 1 is 1.67 bits per heavy atom. The van der Waals surface area contributed by atoms with Crippen LogP contribution in [0.5, 0.6) is 0 Å². The van der Waals surface area contributed by atoms with E-state index in [0.717, 1.165) is 31.1 Å². The summed E-state index contributed by atoms with van der Waals surface area (Å²) in [6.07, 6.45) is 2.65. The van der Waals surface area contributed by atoms with Crippen LogP contribution in [0.25, 0.3) is 0 Å². The number of rotatable bonds is 3. The van der Waals surface area contributed by atoms with E-state index >= 15 is 0 Å². The number of hydrogen-bond donors (Lipinski definition) is 2. The molecule has 0 aliphatic carbocycles. The van der Waals surface area contributed by atoms with Crippen LogP contribution in [0, 0.1) is 0 Å². The number of thioether (sulfide) groups is 1. The highest BCUT2D eigenvalue weighted by molar-refractivity contribution is 8.00. The fraction of sp³-hybridized carbons (Fsp3) is 0.500. The highest BCUT2D eigenvalue weighted by atomic mass is 32.2. The number of carbonyl (C=O) groups is 1. The van der Waals surface area contributed by atoms with Crippen molar-refractivity contribution in [3.63, 3.8) is 0 Å². The predicted molar refractivity (Wildman–Crippen MR) is 75.9 cm³/mol. The number of nitrogen functional groups attached to an aromatic ring is 1. The van der Waals surface area contributed by atoms with Crippen molar-refractivity contribution in [3.05, 3.63) is 17.8 Å². The Bertz CT molecular complexity index is 452. The van der Waals surface area contributed by atoms with Crippen LogP contribution >= 0.6 is 11.8 Å². The molecule has 0 bridgehead atoms. The van der Waals surface area contributed by atoms with Gasteiger partial charge in [-0.25, -0.2) is 4.98 Å². The van der Waals surface area contributed by atoms with E-state index in [2.05, 4.69) is 16.8 Å². The largest absolute Gasteiger partial charge is 0.397 e. The molecule has 1 aromatic heterocycles. The van der Waals surface area contributed by atoms with Crippen LogP contribution in [0.15, 0.2) is 12.3 Å². The Kier molecular flexibility index (Phi) is 3.96. The Morgan fingerprint density at radius 3 is 3.11 bits per heavy atom. The Labute approximate surface area is 111 Å². The second-order valence-corrected chi connectivity index (χ2v) is 5.75. The average molecular weight is 266 g/mol. The van der Waals surface area contributed by atoms with Crippen LogP contribution in [-0.2, 0) is 0 Å². The van der Waals surface area contributed by atoms with Crippen molar-refractivity contribution in [2.24, 2.45) is 5.73 Å². The number of primary amides is 1. The van der Waals surface area contributed by atoms with E-state index in [0.29, 0.717) is 16.5 Å². The lowest BCUT2D eigenvalue weighted by Crippen LogP contribution is -2.38. The molecule has 1 aromatic rings. The number of nitrogens with two attached hydrogens (primary N) is 2. The van der Waals surface area contributed by atoms with E-state index < -0.39 is 5.91 Å². The first-order chi connectivity index (χ1) is 8.61. The van der Waals surface area contributed by atoms with Gasteiger partial charge in [0, 0.05) is 24.1 Å². The van der Waals surface area contributed by atoms with Crippen molar-refractivity contribution < 1.29 is 4.79 Å². The Hall–Kier alpha value is -1.43. The maximum absolute atomic E-state index is 11.3. The van der Waals surface area contributed by atoms with Crippen LogP contribution in [0.1, 0.15) is 23.7 Å². The van der Waals surface area contributed by atoms with Crippen molar-refractivity contribution in [2.45, 2.75) is 18.6 Å². The number of carbonyl (C=O) groups excluding carboxylic acids is 1.